The summed E-state index contributed by atoms with van der Waals surface area (Å²) in [5, 5.41) is 2.78. The average Bonchev–Trinajstić information content (AvgIpc) is 2.44. The summed E-state index contributed by atoms with van der Waals surface area (Å²) in [6.07, 6.45) is -1.86. The summed E-state index contributed by atoms with van der Waals surface area (Å²) in [4.78, 5) is 13.3. The molecule has 0 atom stereocenters. The van der Waals surface area contributed by atoms with Gasteiger partial charge in [-0.05, 0) is 18.9 Å². The van der Waals surface area contributed by atoms with Crippen LogP contribution < -0.4 is 5.32 Å². The van der Waals surface area contributed by atoms with Crippen LogP contribution in [0.25, 0.3) is 0 Å². The Balaban J connectivity index is 2.67. The number of amides is 2. The van der Waals surface area contributed by atoms with Crippen LogP contribution in [0.3, 0.4) is 0 Å². The number of rotatable bonds is 7. The van der Waals surface area contributed by atoms with E-state index in [1.807, 2.05) is 45.9 Å². The van der Waals surface area contributed by atoms with E-state index in [0.29, 0.717) is 19.5 Å². The number of urea groups is 1. The SMILES string of the molecule is CCCN(CC(F)F)C(=O)NCC(C)(C)c1cccc(C)c1. The van der Waals surface area contributed by atoms with Gasteiger partial charge >= 0.3 is 6.03 Å². The molecule has 3 nitrogen and oxygen atoms in total. The molecule has 0 saturated carbocycles. The number of aryl methyl sites for hydroxylation is 1. The van der Waals surface area contributed by atoms with Crippen LogP contribution in [0.2, 0.25) is 0 Å². The molecule has 0 spiro atoms. The lowest BCUT2D eigenvalue weighted by atomic mass is 9.84. The van der Waals surface area contributed by atoms with Gasteiger partial charge in [-0.3, -0.25) is 0 Å². The summed E-state index contributed by atoms with van der Waals surface area (Å²) in [7, 11) is 0. The van der Waals surface area contributed by atoms with Gasteiger partial charge in [0.1, 0.15) is 0 Å². The maximum atomic E-state index is 12.5. The molecule has 0 saturated heterocycles. The van der Waals surface area contributed by atoms with E-state index in [2.05, 4.69) is 11.4 Å². The number of halogens is 2. The van der Waals surface area contributed by atoms with Crippen molar-refractivity contribution < 1.29 is 13.6 Å². The van der Waals surface area contributed by atoms with Crippen molar-refractivity contribution in [2.24, 2.45) is 0 Å². The third-order valence-electron chi connectivity index (χ3n) is 3.62. The first kappa shape index (κ1) is 18.4. The minimum atomic E-state index is -2.51. The molecule has 1 N–H and O–H groups in total. The largest absolute Gasteiger partial charge is 0.337 e. The summed E-state index contributed by atoms with van der Waals surface area (Å²) >= 11 is 0. The minimum absolute atomic E-state index is 0.260. The van der Waals surface area contributed by atoms with Crippen molar-refractivity contribution in [3.8, 4) is 0 Å². The van der Waals surface area contributed by atoms with Gasteiger partial charge in [0.15, 0.2) is 0 Å². The lowest BCUT2D eigenvalue weighted by Gasteiger charge is -2.29. The molecule has 1 aromatic rings. The molecule has 0 aliphatic rings. The second-order valence-electron chi connectivity index (χ2n) is 6.25. The van der Waals surface area contributed by atoms with Crippen LogP contribution in [0, 0.1) is 6.92 Å². The molecule has 0 aromatic heterocycles. The summed E-state index contributed by atoms with van der Waals surface area (Å²) in [5.74, 6) is 0. The molecular weight excluding hydrogens is 286 g/mol. The van der Waals surface area contributed by atoms with Gasteiger partial charge in [-0.25, -0.2) is 13.6 Å². The average molecular weight is 312 g/mol. The molecule has 2 amide bonds. The van der Waals surface area contributed by atoms with Crippen LogP contribution in [-0.2, 0) is 5.41 Å². The maximum absolute atomic E-state index is 12.5. The molecule has 0 unspecified atom stereocenters. The standard InChI is InChI=1S/C17H26F2N2O/c1-5-9-21(11-15(18)19)16(22)20-12-17(3,4)14-8-6-7-13(2)10-14/h6-8,10,15H,5,9,11-12H2,1-4H3,(H,20,22). The maximum Gasteiger partial charge on any atom is 0.317 e. The first-order valence-electron chi connectivity index (χ1n) is 7.64. The number of carbonyl (C=O) groups is 1. The van der Waals surface area contributed by atoms with Crippen molar-refractivity contribution in [2.75, 3.05) is 19.6 Å². The van der Waals surface area contributed by atoms with Crippen molar-refractivity contribution in [1.29, 1.82) is 0 Å². The number of nitrogens with one attached hydrogen (secondary N) is 1. The first-order chi connectivity index (χ1) is 10.3. The Morgan fingerprint density at radius 3 is 2.59 bits per heavy atom. The predicted octanol–water partition coefficient (Wildman–Crippen LogP) is 3.96. The van der Waals surface area contributed by atoms with E-state index >= 15 is 0 Å². The highest BCUT2D eigenvalue weighted by atomic mass is 19.3. The fraction of sp³-hybridized carbons (Fsp3) is 0.588. The van der Waals surface area contributed by atoms with Gasteiger partial charge in [0.05, 0.1) is 6.54 Å². The minimum Gasteiger partial charge on any atom is -0.337 e. The van der Waals surface area contributed by atoms with E-state index in [1.165, 1.54) is 4.90 Å². The van der Waals surface area contributed by atoms with Crippen molar-refractivity contribution >= 4 is 6.03 Å². The zero-order valence-corrected chi connectivity index (χ0v) is 13.8. The van der Waals surface area contributed by atoms with Crippen LogP contribution in [0.1, 0.15) is 38.3 Å². The van der Waals surface area contributed by atoms with Gasteiger partial charge in [0, 0.05) is 18.5 Å². The third-order valence-corrected chi connectivity index (χ3v) is 3.62. The fourth-order valence-corrected chi connectivity index (χ4v) is 2.29. The second-order valence-corrected chi connectivity index (χ2v) is 6.25. The van der Waals surface area contributed by atoms with Gasteiger partial charge in [-0.1, -0.05) is 50.6 Å². The predicted molar refractivity (Wildman–Crippen MR) is 85.5 cm³/mol. The van der Waals surface area contributed by atoms with Crippen LogP contribution in [0.4, 0.5) is 13.6 Å². The lowest BCUT2D eigenvalue weighted by molar-refractivity contribution is 0.0979. The highest BCUT2D eigenvalue weighted by molar-refractivity contribution is 5.74. The van der Waals surface area contributed by atoms with Gasteiger partial charge in [0.25, 0.3) is 6.43 Å². The topological polar surface area (TPSA) is 32.3 Å². The fourth-order valence-electron chi connectivity index (χ4n) is 2.29. The van der Waals surface area contributed by atoms with Gasteiger partial charge < -0.3 is 10.2 Å². The smallest absolute Gasteiger partial charge is 0.317 e. The van der Waals surface area contributed by atoms with E-state index in [0.717, 1.165) is 11.1 Å². The van der Waals surface area contributed by atoms with Crippen LogP contribution in [-0.4, -0.2) is 37.0 Å². The molecule has 1 rings (SSSR count). The van der Waals surface area contributed by atoms with Gasteiger partial charge in [-0.2, -0.15) is 0 Å². The summed E-state index contributed by atoms with van der Waals surface area (Å²) in [6, 6.07) is 7.66. The van der Waals surface area contributed by atoms with Crippen molar-refractivity contribution in [1.82, 2.24) is 10.2 Å². The zero-order valence-electron chi connectivity index (χ0n) is 13.8. The number of carbonyl (C=O) groups excluding carboxylic acids is 1. The van der Waals surface area contributed by atoms with E-state index in [-0.39, 0.29) is 5.41 Å². The molecule has 1 aromatic carbocycles. The van der Waals surface area contributed by atoms with Crippen molar-refractivity contribution in [3.63, 3.8) is 0 Å². The highest BCUT2D eigenvalue weighted by Crippen LogP contribution is 2.23. The molecule has 0 aliphatic heterocycles. The van der Waals surface area contributed by atoms with E-state index in [1.54, 1.807) is 0 Å². The molecule has 124 valence electrons. The molecule has 0 bridgehead atoms. The zero-order chi connectivity index (χ0) is 16.8. The number of nitrogens with zero attached hydrogens (tertiary/aromatic N) is 1. The Hall–Kier alpha value is -1.65. The lowest BCUT2D eigenvalue weighted by Crippen LogP contribution is -2.46. The van der Waals surface area contributed by atoms with Crippen LogP contribution >= 0.6 is 0 Å². The van der Waals surface area contributed by atoms with Crippen molar-refractivity contribution in [3.05, 3.63) is 35.4 Å². The third kappa shape index (κ3) is 5.62. The molecule has 22 heavy (non-hydrogen) atoms. The molecule has 5 heteroatoms. The Kier molecular flexibility index (Phi) is 6.78. The number of hydrogen-bond donors (Lipinski definition) is 1. The Bertz CT molecular complexity index is 489. The number of hydrogen-bond acceptors (Lipinski definition) is 1. The second kappa shape index (κ2) is 8.11. The number of alkyl halides is 2. The summed E-state index contributed by atoms with van der Waals surface area (Å²) < 4.78 is 25.1. The number of benzene rings is 1. The van der Waals surface area contributed by atoms with Gasteiger partial charge in [0.2, 0.25) is 0 Å². The summed E-state index contributed by atoms with van der Waals surface area (Å²) in [6.45, 7) is 8.15. The molecule has 0 heterocycles. The Morgan fingerprint density at radius 1 is 1.36 bits per heavy atom. The molecular formula is C17H26F2N2O. The molecule has 0 radical (unpaired) electrons. The van der Waals surface area contributed by atoms with E-state index < -0.39 is 19.0 Å². The van der Waals surface area contributed by atoms with Crippen LogP contribution in [0.5, 0.6) is 0 Å². The summed E-state index contributed by atoms with van der Waals surface area (Å²) in [5.41, 5.74) is 2.01. The first-order valence-corrected chi connectivity index (χ1v) is 7.64. The van der Waals surface area contributed by atoms with E-state index in [4.69, 9.17) is 0 Å². The van der Waals surface area contributed by atoms with Crippen molar-refractivity contribution in [2.45, 2.75) is 46.0 Å². The van der Waals surface area contributed by atoms with E-state index in [9.17, 15) is 13.6 Å². The highest BCUT2D eigenvalue weighted by Gasteiger charge is 2.24. The Labute approximate surface area is 131 Å². The van der Waals surface area contributed by atoms with Crippen LogP contribution in [0.15, 0.2) is 24.3 Å². The normalized spacial score (nSPS) is 11.6. The van der Waals surface area contributed by atoms with Gasteiger partial charge in [-0.15, -0.1) is 0 Å². The molecule has 0 aliphatic carbocycles. The Morgan fingerprint density at radius 2 is 2.05 bits per heavy atom. The molecule has 0 fully saturated rings. The quantitative estimate of drug-likeness (QED) is 0.812. The monoisotopic (exact) mass is 312 g/mol.